The number of nitrogens with one attached hydrogen (secondary N) is 2. The average Bonchev–Trinajstić information content (AvgIpc) is 2.42. The molecular formula is C13H20F2N2O3S. The van der Waals surface area contributed by atoms with Gasteiger partial charge >= 0.3 is 0 Å². The zero-order valence-corrected chi connectivity index (χ0v) is 13.0. The SMILES string of the molecule is COc1ccc(S(=O)(=O)NCC(F)F)cc1CNC(C)C. The number of sulfonamides is 1. The maximum Gasteiger partial charge on any atom is 0.251 e. The third-order valence-electron chi connectivity index (χ3n) is 2.69. The second kappa shape index (κ2) is 7.67. The molecule has 0 saturated carbocycles. The monoisotopic (exact) mass is 322 g/mol. The highest BCUT2D eigenvalue weighted by atomic mass is 32.2. The predicted molar refractivity (Wildman–Crippen MR) is 76.2 cm³/mol. The quantitative estimate of drug-likeness (QED) is 0.765. The molecule has 0 aliphatic carbocycles. The van der Waals surface area contributed by atoms with E-state index in [4.69, 9.17) is 4.74 Å². The van der Waals surface area contributed by atoms with Crippen LogP contribution < -0.4 is 14.8 Å². The molecule has 0 aliphatic heterocycles. The molecule has 1 aromatic rings. The van der Waals surface area contributed by atoms with Crippen LogP contribution in [0.15, 0.2) is 23.1 Å². The van der Waals surface area contributed by atoms with Crippen molar-refractivity contribution < 1.29 is 21.9 Å². The molecule has 0 spiro atoms. The van der Waals surface area contributed by atoms with Gasteiger partial charge in [-0.25, -0.2) is 21.9 Å². The van der Waals surface area contributed by atoms with Crippen LogP contribution in [0.2, 0.25) is 0 Å². The van der Waals surface area contributed by atoms with E-state index in [1.54, 1.807) is 0 Å². The normalized spacial score (nSPS) is 12.1. The van der Waals surface area contributed by atoms with Crippen molar-refractivity contribution in [2.24, 2.45) is 0 Å². The highest BCUT2D eigenvalue weighted by Gasteiger charge is 2.18. The summed E-state index contributed by atoms with van der Waals surface area (Å²) in [7, 11) is -2.47. The Morgan fingerprint density at radius 2 is 1.95 bits per heavy atom. The first-order valence-electron chi connectivity index (χ1n) is 6.44. The van der Waals surface area contributed by atoms with Crippen molar-refractivity contribution in [3.8, 4) is 5.75 Å². The molecule has 0 aliphatic rings. The summed E-state index contributed by atoms with van der Waals surface area (Å²) in [6, 6.07) is 4.47. The van der Waals surface area contributed by atoms with E-state index >= 15 is 0 Å². The molecule has 0 amide bonds. The number of alkyl halides is 2. The lowest BCUT2D eigenvalue weighted by Crippen LogP contribution is -2.29. The zero-order valence-electron chi connectivity index (χ0n) is 12.2. The molecule has 0 aromatic heterocycles. The molecule has 120 valence electrons. The van der Waals surface area contributed by atoms with Gasteiger partial charge in [0.1, 0.15) is 5.75 Å². The molecule has 21 heavy (non-hydrogen) atoms. The Balaban J connectivity index is 3.00. The van der Waals surface area contributed by atoms with Crippen LogP contribution in [0.5, 0.6) is 5.75 Å². The maximum atomic E-state index is 12.1. The fourth-order valence-electron chi connectivity index (χ4n) is 1.63. The van der Waals surface area contributed by atoms with E-state index in [2.05, 4.69) is 5.32 Å². The number of hydrogen-bond acceptors (Lipinski definition) is 4. The Morgan fingerprint density at radius 3 is 2.48 bits per heavy atom. The molecule has 5 nitrogen and oxygen atoms in total. The molecule has 2 N–H and O–H groups in total. The number of methoxy groups -OCH3 is 1. The summed E-state index contributed by atoms with van der Waals surface area (Å²) in [5.74, 6) is 0.538. The van der Waals surface area contributed by atoms with Gasteiger partial charge in [0.05, 0.1) is 18.6 Å². The van der Waals surface area contributed by atoms with E-state index in [1.165, 1.54) is 25.3 Å². The van der Waals surface area contributed by atoms with E-state index in [0.29, 0.717) is 17.9 Å². The summed E-state index contributed by atoms with van der Waals surface area (Å²) in [6.45, 7) is 3.42. The first kappa shape index (κ1) is 17.8. The lowest BCUT2D eigenvalue weighted by Gasteiger charge is -2.14. The number of hydrogen-bond donors (Lipinski definition) is 2. The first-order valence-corrected chi connectivity index (χ1v) is 7.92. The van der Waals surface area contributed by atoms with Gasteiger partial charge in [0, 0.05) is 18.2 Å². The van der Waals surface area contributed by atoms with Crippen LogP contribution in [0.3, 0.4) is 0 Å². The topological polar surface area (TPSA) is 67.4 Å². The number of rotatable bonds is 8. The summed E-state index contributed by atoms with van der Waals surface area (Å²) < 4.78 is 55.1. The maximum absolute atomic E-state index is 12.1. The van der Waals surface area contributed by atoms with Gasteiger partial charge in [-0.05, 0) is 18.2 Å². The minimum absolute atomic E-state index is 0.0653. The highest BCUT2D eigenvalue weighted by Crippen LogP contribution is 2.22. The van der Waals surface area contributed by atoms with Gasteiger partial charge in [-0.2, -0.15) is 0 Å². The Hall–Kier alpha value is -1.25. The third kappa shape index (κ3) is 5.56. The first-order chi connectivity index (χ1) is 9.76. The molecule has 0 radical (unpaired) electrons. The molecule has 0 unspecified atom stereocenters. The number of halogens is 2. The van der Waals surface area contributed by atoms with E-state index in [1.807, 2.05) is 18.6 Å². The van der Waals surface area contributed by atoms with Gasteiger partial charge < -0.3 is 10.1 Å². The van der Waals surface area contributed by atoms with Gasteiger partial charge in [0.25, 0.3) is 6.43 Å². The van der Waals surface area contributed by atoms with Crippen LogP contribution in [-0.2, 0) is 16.6 Å². The lowest BCUT2D eigenvalue weighted by atomic mass is 10.2. The molecule has 0 saturated heterocycles. The molecule has 1 aromatic carbocycles. The van der Waals surface area contributed by atoms with Crippen molar-refractivity contribution in [3.05, 3.63) is 23.8 Å². The van der Waals surface area contributed by atoms with Crippen molar-refractivity contribution in [2.45, 2.75) is 37.8 Å². The number of benzene rings is 1. The Kier molecular flexibility index (Phi) is 6.50. The molecule has 0 heterocycles. The summed E-state index contributed by atoms with van der Waals surface area (Å²) in [4.78, 5) is -0.0653. The van der Waals surface area contributed by atoms with Crippen LogP contribution in [0, 0.1) is 0 Å². The minimum atomic E-state index is -3.95. The van der Waals surface area contributed by atoms with Crippen molar-refractivity contribution in [1.29, 1.82) is 0 Å². The molecule has 0 atom stereocenters. The lowest BCUT2D eigenvalue weighted by molar-refractivity contribution is 0.153. The zero-order chi connectivity index (χ0) is 16.0. The second-order valence-corrected chi connectivity index (χ2v) is 6.52. The van der Waals surface area contributed by atoms with E-state index in [9.17, 15) is 17.2 Å². The van der Waals surface area contributed by atoms with Gasteiger partial charge in [0.15, 0.2) is 0 Å². The van der Waals surface area contributed by atoms with Crippen LogP contribution in [0.4, 0.5) is 8.78 Å². The molecule has 8 heteroatoms. The van der Waals surface area contributed by atoms with E-state index in [-0.39, 0.29) is 10.9 Å². The van der Waals surface area contributed by atoms with Crippen LogP contribution in [0.25, 0.3) is 0 Å². The molecule has 1 rings (SSSR count). The third-order valence-corrected chi connectivity index (χ3v) is 4.11. The summed E-state index contributed by atoms with van der Waals surface area (Å²) in [6.07, 6.45) is -2.74. The largest absolute Gasteiger partial charge is 0.496 e. The van der Waals surface area contributed by atoms with E-state index < -0.39 is 23.0 Å². The van der Waals surface area contributed by atoms with Gasteiger partial charge in [0.2, 0.25) is 10.0 Å². The fourth-order valence-corrected chi connectivity index (χ4v) is 2.69. The van der Waals surface area contributed by atoms with Crippen LogP contribution in [-0.4, -0.2) is 34.5 Å². The predicted octanol–water partition coefficient (Wildman–Crippen LogP) is 1.74. The highest BCUT2D eigenvalue weighted by molar-refractivity contribution is 7.89. The molecule has 0 bridgehead atoms. The van der Waals surface area contributed by atoms with Gasteiger partial charge in [-0.3, -0.25) is 0 Å². The van der Waals surface area contributed by atoms with Gasteiger partial charge in [-0.1, -0.05) is 13.8 Å². The minimum Gasteiger partial charge on any atom is -0.496 e. The molecular weight excluding hydrogens is 302 g/mol. The Morgan fingerprint density at radius 1 is 1.29 bits per heavy atom. The second-order valence-electron chi connectivity index (χ2n) is 4.75. The molecule has 0 fully saturated rings. The van der Waals surface area contributed by atoms with E-state index in [0.717, 1.165) is 0 Å². The van der Waals surface area contributed by atoms with Gasteiger partial charge in [-0.15, -0.1) is 0 Å². The standard InChI is InChI=1S/C13H20F2N2O3S/c1-9(2)16-7-10-6-11(4-5-12(10)20-3)21(18,19)17-8-13(14)15/h4-6,9,13,16-17H,7-8H2,1-3H3. The summed E-state index contributed by atoms with van der Waals surface area (Å²) >= 11 is 0. The van der Waals surface area contributed by atoms with Crippen molar-refractivity contribution in [2.75, 3.05) is 13.7 Å². The average molecular weight is 322 g/mol. The van der Waals surface area contributed by atoms with Crippen LogP contribution in [0.1, 0.15) is 19.4 Å². The number of ether oxygens (including phenoxy) is 1. The van der Waals surface area contributed by atoms with Crippen molar-refractivity contribution in [3.63, 3.8) is 0 Å². The Labute approximate surface area is 123 Å². The summed E-state index contributed by atoms with van der Waals surface area (Å²) in [5.41, 5.74) is 0.645. The Bertz CT molecular complexity index is 563. The fraction of sp³-hybridized carbons (Fsp3) is 0.538. The summed E-state index contributed by atoms with van der Waals surface area (Å²) in [5, 5.41) is 3.15. The van der Waals surface area contributed by atoms with Crippen LogP contribution >= 0.6 is 0 Å². The van der Waals surface area contributed by atoms with Crippen molar-refractivity contribution in [1.82, 2.24) is 10.0 Å². The van der Waals surface area contributed by atoms with Crippen molar-refractivity contribution >= 4 is 10.0 Å². The smallest absolute Gasteiger partial charge is 0.251 e.